The zero-order valence-electron chi connectivity index (χ0n) is 19.5. The molecule has 0 saturated carbocycles. The Morgan fingerprint density at radius 3 is 2.76 bits per heavy atom. The van der Waals surface area contributed by atoms with E-state index in [-0.39, 0.29) is 5.91 Å². The number of hydrogen-bond donors (Lipinski definition) is 1. The maximum absolute atomic E-state index is 11.8. The molecule has 1 aliphatic rings. The largest absolute Gasteiger partial charge is 0.493 e. The molecule has 0 spiro atoms. The topological polar surface area (TPSA) is 72.9 Å². The lowest BCUT2D eigenvalue weighted by Gasteiger charge is -2.26. The summed E-state index contributed by atoms with van der Waals surface area (Å²) in [4.78, 5) is 19.1. The zero-order valence-corrected chi connectivity index (χ0v) is 19.5. The van der Waals surface area contributed by atoms with Gasteiger partial charge in [-0.15, -0.1) is 0 Å². The Morgan fingerprint density at radius 2 is 2.00 bits per heavy atom. The van der Waals surface area contributed by atoms with Gasteiger partial charge in [-0.3, -0.25) is 9.69 Å². The number of aryl methyl sites for hydroxylation is 1. The number of fused-ring (bicyclic) bond motifs is 1. The van der Waals surface area contributed by atoms with Crippen LogP contribution in [0.15, 0.2) is 42.5 Å². The molecular formula is C26H31N3O4. The third-order valence-electron chi connectivity index (χ3n) is 5.96. The standard InChI is InChI=1S/C26H31N3O4/c1-18-15-22(28-23-16-19(7-8-20(18)23)17-25(30)27-2)21-5-4-6-24(31-3)26(21)33-14-11-29-9-12-32-13-10-29/h4-8,15-16H,9-14,17H2,1-3H3,(H,27,30). The molecule has 1 aromatic heterocycles. The van der Waals surface area contributed by atoms with E-state index in [1.54, 1.807) is 14.2 Å². The number of methoxy groups -OCH3 is 1. The summed E-state index contributed by atoms with van der Waals surface area (Å²) >= 11 is 0. The summed E-state index contributed by atoms with van der Waals surface area (Å²) in [7, 11) is 3.30. The molecule has 7 nitrogen and oxygen atoms in total. The summed E-state index contributed by atoms with van der Waals surface area (Å²) in [5, 5.41) is 3.74. The van der Waals surface area contributed by atoms with Crippen molar-refractivity contribution in [2.75, 3.05) is 53.6 Å². The third kappa shape index (κ3) is 5.43. The summed E-state index contributed by atoms with van der Waals surface area (Å²) in [6.07, 6.45) is 0.326. The van der Waals surface area contributed by atoms with Crippen molar-refractivity contribution in [3.63, 3.8) is 0 Å². The smallest absolute Gasteiger partial charge is 0.224 e. The van der Waals surface area contributed by atoms with Crippen molar-refractivity contribution >= 4 is 16.8 Å². The van der Waals surface area contributed by atoms with Crippen LogP contribution in [0.25, 0.3) is 22.2 Å². The molecule has 1 N–H and O–H groups in total. The molecule has 2 heterocycles. The van der Waals surface area contributed by atoms with Crippen molar-refractivity contribution in [1.29, 1.82) is 0 Å². The van der Waals surface area contributed by atoms with Gasteiger partial charge in [-0.05, 0) is 42.3 Å². The van der Waals surface area contributed by atoms with Crippen LogP contribution in [-0.2, 0) is 16.0 Å². The van der Waals surface area contributed by atoms with E-state index in [1.165, 1.54) is 0 Å². The molecule has 0 aliphatic carbocycles. The van der Waals surface area contributed by atoms with Gasteiger partial charge in [-0.25, -0.2) is 4.98 Å². The average molecular weight is 450 g/mol. The maximum Gasteiger partial charge on any atom is 0.224 e. The molecule has 0 radical (unpaired) electrons. The lowest BCUT2D eigenvalue weighted by molar-refractivity contribution is -0.119. The Bertz CT molecular complexity index is 1130. The number of nitrogens with one attached hydrogen (secondary N) is 1. The SMILES string of the molecule is CNC(=O)Cc1ccc2c(C)cc(-c3cccc(OC)c3OCCN3CCOCC3)nc2c1. The van der Waals surface area contributed by atoms with Crippen LogP contribution in [0, 0.1) is 6.92 Å². The van der Waals surface area contributed by atoms with Gasteiger partial charge in [0, 0.05) is 37.6 Å². The number of rotatable bonds is 8. The van der Waals surface area contributed by atoms with Crippen LogP contribution in [-0.4, -0.2) is 69.4 Å². The quantitative estimate of drug-likeness (QED) is 0.569. The molecular weight excluding hydrogens is 418 g/mol. The van der Waals surface area contributed by atoms with Gasteiger partial charge in [-0.2, -0.15) is 0 Å². The molecule has 0 bridgehead atoms. The number of carbonyl (C=O) groups is 1. The fourth-order valence-corrected chi connectivity index (χ4v) is 4.10. The number of aromatic nitrogens is 1. The van der Waals surface area contributed by atoms with Crippen LogP contribution in [0.2, 0.25) is 0 Å². The number of morpholine rings is 1. The van der Waals surface area contributed by atoms with E-state index >= 15 is 0 Å². The number of nitrogens with zero attached hydrogens (tertiary/aromatic N) is 2. The molecule has 1 fully saturated rings. The molecule has 1 aliphatic heterocycles. The summed E-state index contributed by atoms with van der Waals surface area (Å²) in [5.41, 5.74) is 4.60. The Labute approximate surface area is 194 Å². The fourth-order valence-electron chi connectivity index (χ4n) is 4.10. The predicted octanol–water partition coefficient (Wildman–Crippen LogP) is 3.22. The lowest BCUT2D eigenvalue weighted by Crippen LogP contribution is -2.38. The van der Waals surface area contributed by atoms with Crippen LogP contribution in [0.1, 0.15) is 11.1 Å². The van der Waals surface area contributed by atoms with E-state index < -0.39 is 0 Å². The van der Waals surface area contributed by atoms with Crippen molar-refractivity contribution in [2.24, 2.45) is 0 Å². The van der Waals surface area contributed by atoms with Crippen LogP contribution < -0.4 is 14.8 Å². The summed E-state index contributed by atoms with van der Waals surface area (Å²) < 4.78 is 17.3. The minimum Gasteiger partial charge on any atom is -0.493 e. The van der Waals surface area contributed by atoms with E-state index in [0.717, 1.165) is 66.1 Å². The van der Waals surface area contributed by atoms with Gasteiger partial charge in [-0.1, -0.05) is 18.2 Å². The number of benzene rings is 2. The number of pyridine rings is 1. The highest BCUT2D eigenvalue weighted by molar-refractivity contribution is 5.88. The summed E-state index contributed by atoms with van der Waals surface area (Å²) in [6.45, 7) is 6.83. The maximum atomic E-state index is 11.8. The zero-order chi connectivity index (χ0) is 23.2. The number of ether oxygens (including phenoxy) is 3. The van der Waals surface area contributed by atoms with Gasteiger partial charge >= 0.3 is 0 Å². The van der Waals surface area contributed by atoms with Gasteiger partial charge in [0.05, 0.1) is 38.0 Å². The van der Waals surface area contributed by atoms with Gasteiger partial charge in [0.25, 0.3) is 0 Å². The Hall–Kier alpha value is -3.16. The van der Waals surface area contributed by atoms with Gasteiger partial charge in [0.15, 0.2) is 11.5 Å². The van der Waals surface area contributed by atoms with Crippen molar-refractivity contribution in [1.82, 2.24) is 15.2 Å². The average Bonchev–Trinajstić information content (AvgIpc) is 2.84. The Morgan fingerprint density at radius 1 is 1.18 bits per heavy atom. The number of hydrogen-bond acceptors (Lipinski definition) is 6. The van der Waals surface area contributed by atoms with E-state index in [2.05, 4.69) is 23.2 Å². The van der Waals surface area contributed by atoms with Crippen molar-refractivity contribution in [3.8, 4) is 22.8 Å². The molecule has 0 atom stereocenters. The number of carbonyl (C=O) groups excluding carboxylic acids is 1. The van der Waals surface area contributed by atoms with Gasteiger partial charge in [0.1, 0.15) is 6.61 Å². The molecule has 4 rings (SSSR count). The fraction of sp³-hybridized carbons (Fsp3) is 0.385. The number of para-hydroxylation sites is 1. The van der Waals surface area contributed by atoms with E-state index in [4.69, 9.17) is 19.2 Å². The number of likely N-dealkylation sites (N-methyl/N-ethyl adjacent to an activating group) is 1. The third-order valence-corrected chi connectivity index (χ3v) is 5.96. The first kappa shape index (κ1) is 23.0. The predicted molar refractivity (Wildman–Crippen MR) is 129 cm³/mol. The highest BCUT2D eigenvalue weighted by atomic mass is 16.5. The van der Waals surface area contributed by atoms with Gasteiger partial charge in [0.2, 0.25) is 5.91 Å². The minimum atomic E-state index is -0.0222. The van der Waals surface area contributed by atoms with Crippen LogP contribution >= 0.6 is 0 Å². The lowest BCUT2D eigenvalue weighted by atomic mass is 10.0. The molecule has 1 amide bonds. The van der Waals surface area contributed by atoms with Crippen LogP contribution in [0.3, 0.4) is 0 Å². The van der Waals surface area contributed by atoms with E-state index in [9.17, 15) is 4.79 Å². The highest BCUT2D eigenvalue weighted by Crippen LogP contribution is 2.38. The molecule has 2 aromatic carbocycles. The molecule has 1 saturated heterocycles. The molecule has 174 valence electrons. The van der Waals surface area contributed by atoms with Crippen molar-refractivity contribution < 1.29 is 19.0 Å². The monoisotopic (exact) mass is 449 g/mol. The Balaban J connectivity index is 1.65. The second kappa shape index (κ2) is 10.6. The van der Waals surface area contributed by atoms with E-state index in [0.29, 0.717) is 24.5 Å². The molecule has 33 heavy (non-hydrogen) atoms. The minimum absolute atomic E-state index is 0.0222. The van der Waals surface area contributed by atoms with Crippen molar-refractivity contribution in [3.05, 3.63) is 53.6 Å². The Kier molecular flexibility index (Phi) is 7.42. The van der Waals surface area contributed by atoms with E-state index in [1.807, 2.05) is 36.4 Å². The first-order valence-electron chi connectivity index (χ1n) is 11.3. The highest BCUT2D eigenvalue weighted by Gasteiger charge is 2.17. The van der Waals surface area contributed by atoms with Crippen LogP contribution in [0.5, 0.6) is 11.5 Å². The number of amides is 1. The summed E-state index contributed by atoms with van der Waals surface area (Å²) in [6, 6.07) is 13.9. The normalized spacial score (nSPS) is 14.3. The first-order chi connectivity index (χ1) is 16.1. The second-order valence-corrected chi connectivity index (χ2v) is 8.17. The molecule has 3 aromatic rings. The first-order valence-corrected chi connectivity index (χ1v) is 11.3. The van der Waals surface area contributed by atoms with Gasteiger partial charge < -0.3 is 19.5 Å². The van der Waals surface area contributed by atoms with Crippen molar-refractivity contribution in [2.45, 2.75) is 13.3 Å². The molecule has 0 unspecified atom stereocenters. The van der Waals surface area contributed by atoms with Crippen LogP contribution in [0.4, 0.5) is 0 Å². The second-order valence-electron chi connectivity index (χ2n) is 8.17. The molecule has 7 heteroatoms. The summed E-state index contributed by atoms with van der Waals surface area (Å²) in [5.74, 6) is 1.36.